The third-order valence-electron chi connectivity index (χ3n) is 2.93. The van der Waals surface area contributed by atoms with E-state index in [2.05, 4.69) is 0 Å². The van der Waals surface area contributed by atoms with Crippen LogP contribution >= 0.6 is 23.2 Å². The number of ether oxygens (including phenoxy) is 1. The number of benzene rings is 2. The minimum Gasteiger partial charge on any atom is -0.497 e. The first-order chi connectivity index (χ1) is 9.17. The van der Waals surface area contributed by atoms with Crippen molar-refractivity contribution in [2.24, 2.45) is 0 Å². The van der Waals surface area contributed by atoms with Gasteiger partial charge in [-0.15, -0.1) is 0 Å². The second-order valence-corrected chi connectivity index (χ2v) is 4.82. The van der Waals surface area contributed by atoms with Crippen molar-refractivity contribution in [3.8, 4) is 5.75 Å². The Bertz CT molecular complexity index is 579. The fourth-order valence-electron chi connectivity index (χ4n) is 1.90. The molecule has 0 fully saturated rings. The summed E-state index contributed by atoms with van der Waals surface area (Å²) in [7, 11) is 1.60. The quantitative estimate of drug-likeness (QED) is 0.785. The van der Waals surface area contributed by atoms with E-state index in [4.69, 9.17) is 27.9 Å². The molecule has 0 saturated carbocycles. The van der Waals surface area contributed by atoms with E-state index >= 15 is 0 Å². The number of halogens is 2. The van der Waals surface area contributed by atoms with Gasteiger partial charge >= 0.3 is 0 Å². The number of carbonyl (C=O) groups is 1. The topological polar surface area (TPSA) is 26.3 Å². The first kappa shape index (κ1) is 13.9. The van der Waals surface area contributed by atoms with E-state index in [0.717, 1.165) is 17.6 Å². The Morgan fingerprint density at radius 3 is 2.37 bits per heavy atom. The molecule has 98 valence electrons. The Kier molecular flexibility index (Phi) is 4.46. The molecule has 0 amide bonds. The molecular formula is C15H12Cl2O2. The lowest BCUT2D eigenvalue weighted by Crippen LogP contribution is -2.03. The molecule has 2 aromatic rings. The van der Waals surface area contributed by atoms with Crippen molar-refractivity contribution in [1.82, 2.24) is 0 Å². The van der Waals surface area contributed by atoms with Crippen molar-refractivity contribution >= 4 is 29.5 Å². The van der Waals surface area contributed by atoms with E-state index in [-0.39, 0.29) is 0 Å². The van der Waals surface area contributed by atoms with Crippen LogP contribution in [0.3, 0.4) is 0 Å². The SMILES string of the molecule is COc1ccc(C(C=O)c2cccc(Cl)c2Cl)cc1. The molecule has 2 nitrogen and oxygen atoms in total. The largest absolute Gasteiger partial charge is 0.497 e. The molecule has 0 aromatic heterocycles. The van der Waals surface area contributed by atoms with Crippen LogP contribution in [0.5, 0.6) is 5.75 Å². The third kappa shape index (κ3) is 2.91. The molecule has 0 spiro atoms. The zero-order chi connectivity index (χ0) is 13.8. The van der Waals surface area contributed by atoms with Crippen LogP contribution in [0.1, 0.15) is 17.0 Å². The molecule has 4 heteroatoms. The van der Waals surface area contributed by atoms with Crippen LogP contribution in [0.4, 0.5) is 0 Å². The van der Waals surface area contributed by atoms with Crippen molar-refractivity contribution in [2.75, 3.05) is 7.11 Å². The first-order valence-electron chi connectivity index (χ1n) is 5.70. The number of hydrogen-bond donors (Lipinski definition) is 0. The van der Waals surface area contributed by atoms with Crippen LogP contribution in [0.15, 0.2) is 42.5 Å². The monoisotopic (exact) mass is 294 g/mol. The average molecular weight is 295 g/mol. The second-order valence-electron chi connectivity index (χ2n) is 4.03. The Hall–Kier alpha value is -1.51. The summed E-state index contributed by atoms with van der Waals surface area (Å²) in [5.41, 5.74) is 1.55. The summed E-state index contributed by atoms with van der Waals surface area (Å²) < 4.78 is 5.10. The summed E-state index contributed by atoms with van der Waals surface area (Å²) in [5, 5.41) is 0.858. The van der Waals surface area contributed by atoms with Gasteiger partial charge in [0.05, 0.1) is 23.1 Å². The summed E-state index contributed by atoms with van der Waals surface area (Å²) in [4.78, 5) is 11.4. The summed E-state index contributed by atoms with van der Waals surface area (Å²) in [5.74, 6) is 0.308. The predicted molar refractivity (Wildman–Crippen MR) is 77.4 cm³/mol. The van der Waals surface area contributed by atoms with Gasteiger partial charge in [-0.05, 0) is 29.3 Å². The Morgan fingerprint density at radius 1 is 1.11 bits per heavy atom. The van der Waals surface area contributed by atoms with Crippen LogP contribution in [-0.4, -0.2) is 13.4 Å². The minimum absolute atomic E-state index is 0.414. The molecule has 2 aromatic carbocycles. The maximum absolute atomic E-state index is 11.4. The number of methoxy groups -OCH3 is 1. The van der Waals surface area contributed by atoms with Crippen molar-refractivity contribution in [1.29, 1.82) is 0 Å². The van der Waals surface area contributed by atoms with E-state index in [1.807, 2.05) is 24.3 Å². The summed E-state index contributed by atoms with van der Waals surface area (Å²) in [6.07, 6.45) is 0.860. The molecule has 2 rings (SSSR count). The highest BCUT2D eigenvalue weighted by molar-refractivity contribution is 6.42. The molecule has 0 aliphatic rings. The highest BCUT2D eigenvalue weighted by Gasteiger charge is 2.17. The van der Waals surface area contributed by atoms with Gasteiger partial charge in [-0.2, -0.15) is 0 Å². The van der Waals surface area contributed by atoms with Crippen LogP contribution in [-0.2, 0) is 4.79 Å². The maximum atomic E-state index is 11.4. The number of aldehydes is 1. The van der Waals surface area contributed by atoms with Crippen LogP contribution in [0.2, 0.25) is 10.0 Å². The van der Waals surface area contributed by atoms with Gasteiger partial charge in [0, 0.05) is 0 Å². The molecular weight excluding hydrogens is 283 g/mol. The fraction of sp³-hybridized carbons (Fsp3) is 0.133. The zero-order valence-electron chi connectivity index (χ0n) is 10.3. The van der Waals surface area contributed by atoms with Gasteiger partial charge < -0.3 is 9.53 Å². The molecule has 0 N–H and O–H groups in total. The normalized spacial score (nSPS) is 11.9. The highest BCUT2D eigenvalue weighted by atomic mass is 35.5. The third-order valence-corrected chi connectivity index (χ3v) is 3.76. The number of rotatable bonds is 4. The lowest BCUT2D eigenvalue weighted by molar-refractivity contribution is -0.108. The summed E-state index contributed by atoms with van der Waals surface area (Å²) in [6, 6.07) is 12.6. The van der Waals surface area contributed by atoms with Gasteiger partial charge in [0.1, 0.15) is 12.0 Å². The zero-order valence-corrected chi connectivity index (χ0v) is 11.8. The molecule has 0 aliphatic carbocycles. The first-order valence-corrected chi connectivity index (χ1v) is 6.46. The van der Waals surface area contributed by atoms with Gasteiger partial charge in [-0.25, -0.2) is 0 Å². The maximum Gasteiger partial charge on any atom is 0.131 e. The molecule has 0 bridgehead atoms. The van der Waals surface area contributed by atoms with Crippen molar-refractivity contribution in [3.05, 3.63) is 63.6 Å². The Morgan fingerprint density at radius 2 is 1.79 bits per heavy atom. The second kappa shape index (κ2) is 6.09. The van der Waals surface area contributed by atoms with Gasteiger partial charge in [0.15, 0.2) is 0 Å². The number of carbonyl (C=O) groups excluding carboxylic acids is 1. The molecule has 1 unspecified atom stereocenters. The highest BCUT2D eigenvalue weighted by Crippen LogP contribution is 2.33. The molecule has 0 radical (unpaired) electrons. The van der Waals surface area contributed by atoms with Crippen LogP contribution in [0, 0.1) is 0 Å². The van der Waals surface area contributed by atoms with E-state index in [1.165, 1.54) is 0 Å². The minimum atomic E-state index is -0.433. The van der Waals surface area contributed by atoms with Crippen molar-refractivity contribution < 1.29 is 9.53 Å². The number of hydrogen-bond acceptors (Lipinski definition) is 2. The van der Waals surface area contributed by atoms with Crippen LogP contribution in [0.25, 0.3) is 0 Å². The lowest BCUT2D eigenvalue weighted by Gasteiger charge is -2.14. The summed E-state index contributed by atoms with van der Waals surface area (Å²) in [6.45, 7) is 0. The molecule has 1 atom stereocenters. The average Bonchev–Trinajstić information content (AvgIpc) is 2.45. The van der Waals surface area contributed by atoms with E-state index < -0.39 is 5.92 Å². The van der Waals surface area contributed by atoms with Crippen LogP contribution < -0.4 is 4.74 Å². The molecule has 0 saturated heterocycles. The smallest absolute Gasteiger partial charge is 0.131 e. The molecule has 0 aliphatic heterocycles. The molecule has 0 heterocycles. The fourth-order valence-corrected chi connectivity index (χ4v) is 2.33. The van der Waals surface area contributed by atoms with Gasteiger partial charge in [-0.1, -0.05) is 47.5 Å². The van der Waals surface area contributed by atoms with Gasteiger partial charge in [-0.3, -0.25) is 0 Å². The predicted octanol–water partition coefficient (Wildman–Crippen LogP) is 4.33. The lowest BCUT2D eigenvalue weighted by atomic mass is 9.92. The molecule has 19 heavy (non-hydrogen) atoms. The van der Waals surface area contributed by atoms with E-state index in [1.54, 1.807) is 25.3 Å². The standard InChI is InChI=1S/C15H12Cl2O2/c1-19-11-7-5-10(6-8-11)13(9-18)12-3-2-4-14(16)15(12)17/h2-9,13H,1H3. The van der Waals surface area contributed by atoms with E-state index in [9.17, 15) is 4.79 Å². The van der Waals surface area contributed by atoms with Gasteiger partial charge in [0.2, 0.25) is 0 Å². The van der Waals surface area contributed by atoms with E-state index in [0.29, 0.717) is 15.6 Å². The van der Waals surface area contributed by atoms with Crippen molar-refractivity contribution in [2.45, 2.75) is 5.92 Å². The Labute approximate surface area is 121 Å². The summed E-state index contributed by atoms with van der Waals surface area (Å²) >= 11 is 12.1. The Balaban J connectivity index is 2.43. The van der Waals surface area contributed by atoms with Gasteiger partial charge in [0.25, 0.3) is 0 Å². The van der Waals surface area contributed by atoms with Crippen molar-refractivity contribution in [3.63, 3.8) is 0 Å².